The lowest BCUT2D eigenvalue weighted by atomic mass is 10.1. The predicted molar refractivity (Wildman–Crippen MR) is 109 cm³/mol. The number of hydrogen-bond acceptors (Lipinski definition) is 6. The fourth-order valence-electron chi connectivity index (χ4n) is 2.74. The molecule has 0 fully saturated rings. The highest BCUT2D eigenvalue weighted by molar-refractivity contribution is 7.87. The van der Waals surface area contributed by atoms with E-state index in [1.165, 1.54) is 6.42 Å². The smallest absolute Gasteiger partial charge is 0.327 e. The van der Waals surface area contributed by atoms with Crippen LogP contribution in [-0.4, -0.2) is 43.4 Å². The molecule has 0 aromatic heterocycles. The summed E-state index contributed by atoms with van der Waals surface area (Å²) in [5.41, 5.74) is 0. The molecule has 0 saturated carbocycles. The van der Waals surface area contributed by atoms with Gasteiger partial charge in [0.2, 0.25) is 0 Å². The van der Waals surface area contributed by atoms with Crippen LogP contribution in [0.1, 0.15) is 97.3 Å². The Bertz CT molecular complexity index is 517. The van der Waals surface area contributed by atoms with E-state index in [4.69, 9.17) is 9.47 Å². The van der Waals surface area contributed by atoms with Crippen LogP contribution in [0.15, 0.2) is 0 Å². The van der Waals surface area contributed by atoms with E-state index in [0.717, 1.165) is 57.8 Å². The molecule has 0 spiro atoms. The fraction of sp³-hybridized carbons (Fsp3) is 0.900. The summed E-state index contributed by atoms with van der Waals surface area (Å²) >= 11 is 0. The van der Waals surface area contributed by atoms with Gasteiger partial charge in [-0.3, -0.25) is 14.1 Å². The van der Waals surface area contributed by atoms with Gasteiger partial charge in [0.25, 0.3) is 10.1 Å². The first-order valence-corrected chi connectivity index (χ1v) is 12.1. The Labute approximate surface area is 170 Å². The first kappa shape index (κ1) is 26.9. The molecule has 0 saturated heterocycles. The number of unbranched alkanes of at least 4 members (excludes halogenated alkanes) is 10. The van der Waals surface area contributed by atoms with E-state index in [-0.39, 0.29) is 13.2 Å². The minimum absolute atomic E-state index is 0.0732. The van der Waals surface area contributed by atoms with Crippen LogP contribution in [0.5, 0.6) is 0 Å². The number of esters is 2. The van der Waals surface area contributed by atoms with Gasteiger partial charge in [-0.25, -0.2) is 0 Å². The minimum Gasteiger partial charge on any atom is -0.466 e. The van der Waals surface area contributed by atoms with Crippen molar-refractivity contribution in [1.82, 2.24) is 0 Å². The zero-order valence-corrected chi connectivity index (χ0v) is 18.3. The van der Waals surface area contributed by atoms with Crippen LogP contribution < -0.4 is 0 Å². The Hall–Kier alpha value is -1.15. The molecule has 0 aromatic rings. The molecule has 28 heavy (non-hydrogen) atoms. The van der Waals surface area contributed by atoms with E-state index < -0.39 is 33.7 Å². The molecule has 0 radical (unpaired) electrons. The van der Waals surface area contributed by atoms with Crippen LogP contribution in [0.25, 0.3) is 0 Å². The second kappa shape index (κ2) is 16.8. The third-order valence-corrected chi connectivity index (χ3v) is 5.56. The van der Waals surface area contributed by atoms with Crippen molar-refractivity contribution < 1.29 is 32.0 Å². The molecule has 0 aliphatic rings. The molecule has 0 heterocycles. The SMILES string of the molecule is CCCCCCCCOC(=O)C[C@@H](C(=O)OCCCCCCCC)S(=O)(=O)O. The van der Waals surface area contributed by atoms with Gasteiger partial charge in [-0.1, -0.05) is 78.1 Å². The normalized spacial score (nSPS) is 12.5. The molecule has 1 atom stereocenters. The van der Waals surface area contributed by atoms with E-state index in [2.05, 4.69) is 13.8 Å². The molecule has 0 aromatic carbocycles. The topological polar surface area (TPSA) is 107 Å². The molecular formula is C20H38O7S. The van der Waals surface area contributed by atoms with Gasteiger partial charge in [-0.15, -0.1) is 0 Å². The molecule has 8 heteroatoms. The largest absolute Gasteiger partial charge is 0.466 e. The van der Waals surface area contributed by atoms with Crippen LogP contribution in [0.4, 0.5) is 0 Å². The highest BCUT2D eigenvalue weighted by Gasteiger charge is 2.35. The Morgan fingerprint density at radius 2 is 1.18 bits per heavy atom. The predicted octanol–water partition coefficient (Wildman–Crippen LogP) is 4.44. The maximum Gasteiger partial charge on any atom is 0.327 e. The molecule has 0 unspecified atom stereocenters. The summed E-state index contributed by atoms with van der Waals surface area (Å²) in [6, 6.07) is 0. The van der Waals surface area contributed by atoms with Crippen LogP contribution in [0, 0.1) is 0 Å². The second-order valence-electron chi connectivity index (χ2n) is 7.13. The van der Waals surface area contributed by atoms with Crippen LogP contribution >= 0.6 is 0 Å². The monoisotopic (exact) mass is 422 g/mol. The highest BCUT2D eigenvalue weighted by atomic mass is 32.2. The van der Waals surface area contributed by atoms with Gasteiger partial charge in [0.15, 0.2) is 5.25 Å². The summed E-state index contributed by atoms with van der Waals surface area (Å²) in [6.45, 7) is 4.50. The number of carbonyl (C=O) groups excluding carboxylic acids is 2. The van der Waals surface area contributed by atoms with Crippen molar-refractivity contribution in [2.45, 2.75) is 103 Å². The fourth-order valence-corrected chi connectivity index (χ4v) is 3.39. The average molecular weight is 423 g/mol. The van der Waals surface area contributed by atoms with Gasteiger partial charge in [-0.05, 0) is 12.8 Å². The molecule has 7 nitrogen and oxygen atoms in total. The zero-order chi connectivity index (χ0) is 21.3. The Morgan fingerprint density at radius 1 is 0.750 bits per heavy atom. The third kappa shape index (κ3) is 14.9. The van der Waals surface area contributed by atoms with Gasteiger partial charge in [0, 0.05) is 0 Å². The lowest BCUT2D eigenvalue weighted by Crippen LogP contribution is -2.34. The molecule has 0 bridgehead atoms. The summed E-state index contributed by atoms with van der Waals surface area (Å²) in [4.78, 5) is 23.8. The van der Waals surface area contributed by atoms with Crippen molar-refractivity contribution in [1.29, 1.82) is 0 Å². The van der Waals surface area contributed by atoms with Crippen LogP contribution in [0.2, 0.25) is 0 Å². The van der Waals surface area contributed by atoms with E-state index in [0.29, 0.717) is 12.8 Å². The van der Waals surface area contributed by atoms with Crippen molar-refractivity contribution >= 4 is 22.1 Å². The van der Waals surface area contributed by atoms with Crippen LogP contribution in [0.3, 0.4) is 0 Å². The maximum atomic E-state index is 12.0. The van der Waals surface area contributed by atoms with Crippen molar-refractivity contribution in [2.75, 3.05) is 13.2 Å². The molecule has 0 aliphatic heterocycles. The van der Waals surface area contributed by atoms with Gasteiger partial charge >= 0.3 is 11.9 Å². The second-order valence-corrected chi connectivity index (χ2v) is 8.73. The lowest BCUT2D eigenvalue weighted by molar-refractivity contribution is -0.150. The van der Waals surface area contributed by atoms with Gasteiger partial charge in [0.1, 0.15) is 0 Å². The molecule has 0 amide bonds. The van der Waals surface area contributed by atoms with E-state index in [1.54, 1.807) is 0 Å². The van der Waals surface area contributed by atoms with Crippen LogP contribution in [-0.2, 0) is 29.2 Å². The Kier molecular flexibility index (Phi) is 16.1. The van der Waals surface area contributed by atoms with Crippen molar-refractivity contribution in [3.8, 4) is 0 Å². The third-order valence-electron chi connectivity index (χ3n) is 4.48. The number of ether oxygens (including phenoxy) is 2. The average Bonchev–Trinajstić information content (AvgIpc) is 2.63. The number of hydrogen-bond donors (Lipinski definition) is 1. The van der Waals surface area contributed by atoms with E-state index in [1.807, 2.05) is 0 Å². The minimum atomic E-state index is -4.73. The quantitative estimate of drug-likeness (QED) is 0.198. The highest BCUT2D eigenvalue weighted by Crippen LogP contribution is 2.11. The number of carbonyl (C=O) groups is 2. The first-order valence-electron chi connectivity index (χ1n) is 10.6. The van der Waals surface area contributed by atoms with E-state index in [9.17, 15) is 22.6 Å². The molecule has 0 rings (SSSR count). The van der Waals surface area contributed by atoms with Gasteiger partial charge in [-0.2, -0.15) is 8.42 Å². The molecule has 166 valence electrons. The maximum absolute atomic E-state index is 12.0. The van der Waals surface area contributed by atoms with Gasteiger partial charge < -0.3 is 9.47 Å². The molecule has 0 aliphatic carbocycles. The summed E-state index contributed by atoms with van der Waals surface area (Å²) < 4.78 is 42.0. The summed E-state index contributed by atoms with van der Waals surface area (Å²) in [5, 5.41) is -1.93. The molecular weight excluding hydrogens is 384 g/mol. The molecule has 1 N–H and O–H groups in total. The van der Waals surface area contributed by atoms with Crippen molar-refractivity contribution in [3.63, 3.8) is 0 Å². The van der Waals surface area contributed by atoms with Gasteiger partial charge in [0.05, 0.1) is 19.6 Å². The summed E-state index contributed by atoms with van der Waals surface area (Å²) in [5.74, 6) is -1.93. The summed E-state index contributed by atoms with van der Waals surface area (Å²) in [6.07, 6.45) is 11.3. The zero-order valence-electron chi connectivity index (χ0n) is 17.5. The van der Waals surface area contributed by atoms with Crippen molar-refractivity contribution in [3.05, 3.63) is 0 Å². The Balaban J connectivity index is 4.15. The number of rotatable bonds is 18. The lowest BCUT2D eigenvalue weighted by Gasteiger charge is -2.13. The van der Waals surface area contributed by atoms with Crippen molar-refractivity contribution in [2.24, 2.45) is 0 Å². The standard InChI is InChI=1S/C20H38O7S/c1-3-5-7-9-11-13-15-26-19(21)17-18(28(23,24)25)20(22)27-16-14-12-10-8-6-4-2/h18H,3-17H2,1-2H3,(H,23,24,25)/t18-/m0/s1. The van der Waals surface area contributed by atoms with E-state index >= 15 is 0 Å². The summed E-state index contributed by atoms with van der Waals surface area (Å²) in [7, 11) is -4.73. The Morgan fingerprint density at radius 3 is 1.64 bits per heavy atom. The first-order chi connectivity index (χ1) is 13.3.